The van der Waals surface area contributed by atoms with Gasteiger partial charge in [0.25, 0.3) is 0 Å². The van der Waals surface area contributed by atoms with Gasteiger partial charge in [0.1, 0.15) is 11.8 Å². The summed E-state index contributed by atoms with van der Waals surface area (Å²) in [6, 6.07) is 13.9. The average molecular weight is 339 g/mol. The first kappa shape index (κ1) is 16.8. The molecule has 0 aliphatic carbocycles. The molecular weight excluding hydrogens is 318 g/mol. The fourth-order valence-corrected chi connectivity index (χ4v) is 2.97. The van der Waals surface area contributed by atoms with E-state index in [1.165, 1.54) is 7.11 Å². The first-order chi connectivity index (χ1) is 12.1. The molecule has 0 spiro atoms. The van der Waals surface area contributed by atoms with E-state index in [4.69, 9.17) is 4.74 Å². The number of benzene rings is 2. The van der Waals surface area contributed by atoms with Crippen molar-refractivity contribution >= 4 is 23.3 Å². The highest BCUT2D eigenvalue weighted by atomic mass is 16.5. The highest BCUT2D eigenvalue weighted by Gasteiger charge is 2.28. The van der Waals surface area contributed by atoms with Gasteiger partial charge in [-0.15, -0.1) is 0 Å². The second kappa shape index (κ2) is 7.25. The summed E-state index contributed by atoms with van der Waals surface area (Å²) in [7, 11) is 1.54. The SMILES string of the molecule is COc1ccccc1NC(=O)N[C@@H](C)C(=O)N1CCc2ccccc21. The fraction of sp³-hybridized carbons (Fsp3) is 0.263. The number of para-hydroxylation sites is 3. The lowest BCUT2D eigenvalue weighted by Gasteiger charge is -2.22. The molecule has 130 valence electrons. The largest absolute Gasteiger partial charge is 0.495 e. The molecular formula is C19H21N3O3. The lowest BCUT2D eigenvalue weighted by Crippen LogP contribution is -2.47. The molecule has 0 saturated carbocycles. The Morgan fingerprint density at radius 3 is 2.64 bits per heavy atom. The van der Waals surface area contributed by atoms with Crippen molar-refractivity contribution in [3.8, 4) is 5.75 Å². The number of amides is 3. The number of urea groups is 1. The molecule has 3 amide bonds. The van der Waals surface area contributed by atoms with Gasteiger partial charge in [0.2, 0.25) is 5.91 Å². The number of anilines is 2. The summed E-state index contributed by atoms with van der Waals surface area (Å²) in [5.74, 6) is 0.435. The van der Waals surface area contributed by atoms with Crippen LogP contribution in [0.15, 0.2) is 48.5 Å². The van der Waals surface area contributed by atoms with E-state index in [9.17, 15) is 9.59 Å². The summed E-state index contributed by atoms with van der Waals surface area (Å²) in [4.78, 5) is 26.6. The zero-order valence-electron chi connectivity index (χ0n) is 14.3. The lowest BCUT2D eigenvalue weighted by molar-refractivity contribution is -0.119. The van der Waals surface area contributed by atoms with E-state index >= 15 is 0 Å². The molecule has 6 heteroatoms. The number of nitrogens with zero attached hydrogens (tertiary/aromatic N) is 1. The van der Waals surface area contributed by atoms with Crippen LogP contribution in [0.3, 0.4) is 0 Å². The van der Waals surface area contributed by atoms with Gasteiger partial charge < -0.3 is 20.3 Å². The van der Waals surface area contributed by atoms with E-state index in [0.29, 0.717) is 18.0 Å². The van der Waals surface area contributed by atoms with E-state index in [-0.39, 0.29) is 5.91 Å². The molecule has 6 nitrogen and oxygen atoms in total. The summed E-state index contributed by atoms with van der Waals surface area (Å²) in [6.07, 6.45) is 0.835. The Hall–Kier alpha value is -3.02. The number of carbonyl (C=O) groups excluding carboxylic acids is 2. The first-order valence-corrected chi connectivity index (χ1v) is 8.20. The molecule has 0 bridgehead atoms. The van der Waals surface area contributed by atoms with Crippen molar-refractivity contribution in [1.82, 2.24) is 5.32 Å². The minimum absolute atomic E-state index is 0.125. The van der Waals surface area contributed by atoms with Gasteiger partial charge in [-0.3, -0.25) is 4.79 Å². The second-order valence-electron chi connectivity index (χ2n) is 5.89. The molecule has 3 rings (SSSR count). The molecule has 1 aliphatic heterocycles. The summed E-state index contributed by atoms with van der Waals surface area (Å²) in [5.41, 5.74) is 2.63. The number of hydrogen-bond acceptors (Lipinski definition) is 3. The minimum atomic E-state index is -0.638. The van der Waals surface area contributed by atoms with Gasteiger partial charge in [-0.2, -0.15) is 0 Å². The van der Waals surface area contributed by atoms with Crippen LogP contribution in [-0.4, -0.2) is 31.6 Å². The molecule has 0 fully saturated rings. The van der Waals surface area contributed by atoms with Crippen LogP contribution in [0.4, 0.5) is 16.2 Å². The number of carbonyl (C=O) groups is 2. The van der Waals surface area contributed by atoms with Crippen LogP contribution in [0.1, 0.15) is 12.5 Å². The van der Waals surface area contributed by atoms with Crippen LogP contribution in [0, 0.1) is 0 Å². The number of methoxy groups -OCH3 is 1. The van der Waals surface area contributed by atoms with Gasteiger partial charge in [0.15, 0.2) is 0 Å². The fourth-order valence-electron chi connectivity index (χ4n) is 2.97. The maximum atomic E-state index is 12.7. The number of rotatable bonds is 4. The summed E-state index contributed by atoms with van der Waals surface area (Å²) in [5, 5.41) is 5.40. The highest BCUT2D eigenvalue weighted by molar-refractivity contribution is 6.02. The smallest absolute Gasteiger partial charge is 0.319 e. The van der Waals surface area contributed by atoms with Gasteiger partial charge in [-0.1, -0.05) is 30.3 Å². The Morgan fingerprint density at radius 2 is 1.84 bits per heavy atom. The van der Waals surface area contributed by atoms with Crippen molar-refractivity contribution in [1.29, 1.82) is 0 Å². The van der Waals surface area contributed by atoms with Gasteiger partial charge >= 0.3 is 6.03 Å². The second-order valence-corrected chi connectivity index (χ2v) is 5.89. The van der Waals surface area contributed by atoms with Crippen molar-refractivity contribution in [2.24, 2.45) is 0 Å². The zero-order valence-corrected chi connectivity index (χ0v) is 14.3. The maximum absolute atomic E-state index is 12.7. The molecule has 1 heterocycles. The maximum Gasteiger partial charge on any atom is 0.319 e. The average Bonchev–Trinajstić information content (AvgIpc) is 3.05. The first-order valence-electron chi connectivity index (χ1n) is 8.20. The van der Waals surface area contributed by atoms with Gasteiger partial charge in [0, 0.05) is 12.2 Å². The van der Waals surface area contributed by atoms with Gasteiger partial charge in [0.05, 0.1) is 12.8 Å². The van der Waals surface area contributed by atoms with E-state index in [1.54, 1.807) is 30.0 Å². The predicted octanol–water partition coefficient (Wildman–Crippen LogP) is 2.79. The van der Waals surface area contributed by atoms with Crippen molar-refractivity contribution in [2.45, 2.75) is 19.4 Å². The molecule has 25 heavy (non-hydrogen) atoms. The van der Waals surface area contributed by atoms with E-state index in [1.807, 2.05) is 30.3 Å². The third kappa shape index (κ3) is 3.57. The monoisotopic (exact) mass is 339 g/mol. The van der Waals surface area contributed by atoms with Gasteiger partial charge in [-0.05, 0) is 37.1 Å². The van der Waals surface area contributed by atoms with Crippen molar-refractivity contribution in [3.05, 3.63) is 54.1 Å². The van der Waals surface area contributed by atoms with Crippen LogP contribution in [0.2, 0.25) is 0 Å². The molecule has 0 unspecified atom stereocenters. The molecule has 1 aliphatic rings. The predicted molar refractivity (Wildman–Crippen MR) is 97.1 cm³/mol. The summed E-state index contributed by atoms with van der Waals surface area (Å²) < 4.78 is 5.20. The summed E-state index contributed by atoms with van der Waals surface area (Å²) in [6.45, 7) is 2.32. The van der Waals surface area contributed by atoms with E-state index < -0.39 is 12.1 Å². The molecule has 2 N–H and O–H groups in total. The Balaban J connectivity index is 1.63. The Kier molecular flexibility index (Phi) is 4.88. The topological polar surface area (TPSA) is 70.7 Å². The molecule has 2 aromatic carbocycles. The number of hydrogen-bond donors (Lipinski definition) is 2. The van der Waals surface area contributed by atoms with Crippen LogP contribution >= 0.6 is 0 Å². The standard InChI is InChI=1S/C19H21N3O3/c1-13(18(23)22-12-11-14-7-3-5-9-16(14)22)20-19(24)21-15-8-4-6-10-17(15)25-2/h3-10,13H,11-12H2,1-2H3,(H2,20,21,24)/t13-/m0/s1. The van der Waals surface area contributed by atoms with Crippen molar-refractivity contribution in [3.63, 3.8) is 0 Å². The zero-order chi connectivity index (χ0) is 17.8. The van der Waals surface area contributed by atoms with Crippen LogP contribution < -0.4 is 20.3 Å². The third-order valence-corrected chi connectivity index (χ3v) is 4.23. The molecule has 1 atom stereocenters. The normalized spacial score (nSPS) is 13.8. The molecule has 0 aromatic heterocycles. The Morgan fingerprint density at radius 1 is 1.12 bits per heavy atom. The van der Waals surface area contributed by atoms with E-state index in [2.05, 4.69) is 10.6 Å². The Bertz CT molecular complexity index is 791. The van der Waals surface area contributed by atoms with Crippen LogP contribution in [0.5, 0.6) is 5.75 Å². The number of ether oxygens (including phenoxy) is 1. The highest BCUT2D eigenvalue weighted by Crippen LogP contribution is 2.28. The van der Waals surface area contributed by atoms with Crippen molar-refractivity contribution < 1.29 is 14.3 Å². The van der Waals surface area contributed by atoms with Crippen LogP contribution in [0.25, 0.3) is 0 Å². The number of fused-ring (bicyclic) bond motifs is 1. The van der Waals surface area contributed by atoms with Gasteiger partial charge in [-0.25, -0.2) is 4.79 Å². The molecule has 2 aromatic rings. The number of nitrogens with one attached hydrogen (secondary N) is 2. The van der Waals surface area contributed by atoms with Crippen molar-refractivity contribution in [2.75, 3.05) is 23.9 Å². The summed E-state index contributed by atoms with van der Waals surface area (Å²) >= 11 is 0. The lowest BCUT2D eigenvalue weighted by atomic mass is 10.2. The quantitative estimate of drug-likeness (QED) is 0.900. The molecule has 0 radical (unpaired) electrons. The third-order valence-electron chi connectivity index (χ3n) is 4.23. The van der Waals surface area contributed by atoms with E-state index in [0.717, 1.165) is 17.7 Å². The molecule has 0 saturated heterocycles. The Labute approximate surface area is 146 Å². The van der Waals surface area contributed by atoms with Crippen LogP contribution in [-0.2, 0) is 11.2 Å². The minimum Gasteiger partial charge on any atom is -0.495 e.